The second-order valence-electron chi connectivity index (χ2n) is 4.69. The highest BCUT2D eigenvalue weighted by Crippen LogP contribution is 2.26. The van der Waals surface area contributed by atoms with E-state index in [-0.39, 0.29) is 24.5 Å². The highest BCUT2D eigenvalue weighted by molar-refractivity contribution is 6.42. The first-order chi connectivity index (χ1) is 9.79. The number of halogens is 2. The summed E-state index contributed by atoms with van der Waals surface area (Å²) in [7, 11) is 1.65. The normalized spacial score (nSPS) is 11.7. The minimum atomic E-state index is -0.239. The molecule has 21 heavy (non-hydrogen) atoms. The molecule has 0 heterocycles. The number of benzene rings is 1. The Morgan fingerprint density at radius 2 is 2.00 bits per heavy atom. The van der Waals surface area contributed by atoms with Crippen molar-refractivity contribution in [3.63, 3.8) is 0 Å². The van der Waals surface area contributed by atoms with Crippen molar-refractivity contribution >= 4 is 35.0 Å². The van der Waals surface area contributed by atoms with E-state index in [2.05, 4.69) is 5.32 Å². The maximum atomic E-state index is 11.8. The fraction of sp³-hybridized carbons (Fsp3) is 0.429. The van der Waals surface area contributed by atoms with Crippen molar-refractivity contribution in [3.05, 3.63) is 28.2 Å². The third-order valence-corrected chi connectivity index (χ3v) is 3.41. The van der Waals surface area contributed by atoms with Crippen LogP contribution in [0.4, 0.5) is 0 Å². The number of carbonyl (C=O) groups excluding carboxylic acids is 2. The van der Waals surface area contributed by atoms with Crippen LogP contribution < -0.4 is 10.1 Å². The van der Waals surface area contributed by atoms with Crippen LogP contribution in [0.2, 0.25) is 10.0 Å². The fourth-order valence-electron chi connectivity index (χ4n) is 1.64. The molecule has 1 aromatic carbocycles. The summed E-state index contributed by atoms with van der Waals surface area (Å²) in [5.41, 5.74) is 0. The lowest BCUT2D eigenvalue weighted by molar-refractivity contribution is -0.132. The van der Waals surface area contributed by atoms with Gasteiger partial charge in [0.1, 0.15) is 11.9 Å². The van der Waals surface area contributed by atoms with Gasteiger partial charge in [0.2, 0.25) is 11.8 Å². The predicted molar refractivity (Wildman–Crippen MR) is 82.9 cm³/mol. The zero-order chi connectivity index (χ0) is 16.0. The number of rotatable bonds is 6. The van der Waals surface area contributed by atoms with Crippen LogP contribution in [0.15, 0.2) is 18.2 Å². The first kappa shape index (κ1) is 17.6. The van der Waals surface area contributed by atoms with E-state index in [0.717, 1.165) is 0 Å². The summed E-state index contributed by atoms with van der Waals surface area (Å²) in [4.78, 5) is 24.0. The molecule has 5 nitrogen and oxygen atoms in total. The SMILES string of the molecule is CC(=O)NCC(=O)N(C)C[C@H](C)Oc1ccc(Cl)c(Cl)c1. The van der Waals surface area contributed by atoms with E-state index in [1.54, 1.807) is 25.2 Å². The standard InChI is InChI=1S/C14H18Cl2N2O3/c1-9(8-18(3)14(20)7-17-10(2)19)21-11-4-5-12(15)13(16)6-11/h4-6,9H,7-8H2,1-3H3,(H,17,19)/t9-/m0/s1. The van der Waals surface area contributed by atoms with Gasteiger partial charge in [0, 0.05) is 20.0 Å². The van der Waals surface area contributed by atoms with Crippen LogP contribution in [0.5, 0.6) is 5.75 Å². The van der Waals surface area contributed by atoms with Gasteiger partial charge in [0.05, 0.1) is 23.1 Å². The summed E-state index contributed by atoms with van der Waals surface area (Å²) in [5.74, 6) is 0.159. The molecule has 0 aliphatic rings. The van der Waals surface area contributed by atoms with Crippen molar-refractivity contribution in [1.82, 2.24) is 10.2 Å². The third-order valence-electron chi connectivity index (χ3n) is 2.67. The van der Waals surface area contributed by atoms with E-state index in [9.17, 15) is 9.59 Å². The van der Waals surface area contributed by atoms with Gasteiger partial charge in [0.15, 0.2) is 0 Å². The molecule has 0 aliphatic heterocycles. The lowest BCUT2D eigenvalue weighted by Gasteiger charge is -2.22. The topological polar surface area (TPSA) is 58.6 Å². The molecule has 7 heteroatoms. The van der Waals surface area contributed by atoms with E-state index < -0.39 is 0 Å². The van der Waals surface area contributed by atoms with Crippen molar-refractivity contribution < 1.29 is 14.3 Å². The van der Waals surface area contributed by atoms with Gasteiger partial charge < -0.3 is 15.0 Å². The summed E-state index contributed by atoms with van der Waals surface area (Å²) < 4.78 is 5.67. The molecule has 1 aromatic rings. The van der Waals surface area contributed by atoms with Crippen LogP contribution in [0.1, 0.15) is 13.8 Å². The molecule has 0 saturated heterocycles. The Kier molecular flexibility index (Phi) is 6.78. The first-order valence-electron chi connectivity index (χ1n) is 6.39. The van der Waals surface area contributed by atoms with E-state index in [4.69, 9.17) is 27.9 Å². The largest absolute Gasteiger partial charge is 0.489 e. The van der Waals surface area contributed by atoms with Crippen LogP contribution in [0.25, 0.3) is 0 Å². The number of carbonyl (C=O) groups is 2. The molecular formula is C14H18Cl2N2O3. The molecule has 116 valence electrons. The van der Waals surface area contributed by atoms with Crippen LogP contribution in [0.3, 0.4) is 0 Å². The second-order valence-corrected chi connectivity index (χ2v) is 5.50. The van der Waals surface area contributed by atoms with Gasteiger partial charge in [0.25, 0.3) is 0 Å². The van der Waals surface area contributed by atoms with E-state index >= 15 is 0 Å². The second kappa shape index (κ2) is 8.10. The minimum Gasteiger partial charge on any atom is -0.489 e. The van der Waals surface area contributed by atoms with Crippen molar-refractivity contribution in [1.29, 1.82) is 0 Å². The molecule has 0 unspecified atom stereocenters. The third kappa shape index (κ3) is 6.23. The van der Waals surface area contributed by atoms with Crippen molar-refractivity contribution in [2.45, 2.75) is 20.0 Å². The van der Waals surface area contributed by atoms with Gasteiger partial charge in [-0.1, -0.05) is 23.2 Å². The lowest BCUT2D eigenvalue weighted by atomic mass is 10.3. The molecule has 1 rings (SSSR count). The molecule has 2 amide bonds. The average molecular weight is 333 g/mol. The number of ether oxygens (including phenoxy) is 1. The van der Waals surface area contributed by atoms with E-state index in [1.165, 1.54) is 11.8 Å². The van der Waals surface area contributed by atoms with Crippen LogP contribution in [0, 0.1) is 0 Å². The van der Waals surface area contributed by atoms with Gasteiger partial charge in [-0.2, -0.15) is 0 Å². The maximum absolute atomic E-state index is 11.8. The van der Waals surface area contributed by atoms with Crippen molar-refractivity contribution in [2.75, 3.05) is 20.1 Å². The van der Waals surface area contributed by atoms with E-state index in [0.29, 0.717) is 22.3 Å². The average Bonchev–Trinajstić information content (AvgIpc) is 2.40. The quantitative estimate of drug-likeness (QED) is 0.869. The zero-order valence-corrected chi connectivity index (χ0v) is 13.7. The first-order valence-corrected chi connectivity index (χ1v) is 7.15. The number of nitrogens with zero attached hydrogens (tertiary/aromatic N) is 1. The molecule has 1 atom stereocenters. The van der Waals surface area contributed by atoms with Gasteiger partial charge in [-0.3, -0.25) is 9.59 Å². The molecular weight excluding hydrogens is 315 g/mol. The number of likely N-dealkylation sites (N-methyl/N-ethyl adjacent to an activating group) is 1. The Morgan fingerprint density at radius 1 is 1.33 bits per heavy atom. The van der Waals surface area contributed by atoms with Gasteiger partial charge in [-0.15, -0.1) is 0 Å². The van der Waals surface area contributed by atoms with Crippen molar-refractivity contribution in [3.8, 4) is 5.75 Å². The Bertz CT molecular complexity index is 523. The minimum absolute atomic E-state index is 0.0225. The molecule has 0 fully saturated rings. The van der Waals surface area contributed by atoms with Gasteiger partial charge in [-0.05, 0) is 19.1 Å². The summed E-state index contributed by atoms with van der Waals surface area (Å²) in [5, 5.41) is 3.33. The predicted octanol–water partition coefficient (Wildman–Crippen LogP) is 2.36. The number of amides is 2. The fourth-order valence-corrected chi connectivity index (χ4v) is 1.93. The monoisotopic (exact) mass is 332 g/mol. The highest BCUT2D eigenvalue weighted by atomic mass is 35.5. The summed E-state index contributed by atoms with van der Waals surface area (Å²) in [6.45, 7) is 3.57. The molecule has 0 radical (unpaired) electrons. The zero-order valence-electron chi connectivity index (χ0n) is 12.2. The number of hydrogen-bond donors (Lipinski definition) is 1. The molecule has 0 aliphatic carbocycles. The molecule has 0 spiro atoms. The summed E-state index contributed by atoms with van der Waals surface area (Å²) in [6.07, 6.45) is -0.228. The number of nitrogens with one attached hydrogen (secondary N) is 1. The molecule has 0 aromatic heterocycles. The summed E-state index contributed by atoms with van der Waals surface area (Å²) >= 11 is 11.7. The number of hydrogen-bond acceptors (Lipinski definition) is 3. The van der Waals surface area contributed by atoms with Gasteiger partial charge in [-0.25, -0.2) is 0 Å². The Labute approximate surface area is 134 Å². The smallest absolute Gasteiger partial charge is 0.241 e. The lowest BCUT2D eigenvalue weighted by Crippen LogP contribution is -2.41. The van der Waals surface area contributed by atoms with E-state index in [1.807, 2.05) is 6.92 Å². The Hall–Kier alpha value is -1.46. The maximum Gasteiger partial charge on any atom is 0.241 e. The molecule has 0 bridgehead atoms. The van der Waals surface area contributed by atoms with Crippen LogP contribution >= 0.6 is 23.2 Å². The highest BCUT2D eigenvalue weighted by Gasteiger charge is 2.14. The Morgan fingerprint density at radius 3 is 2.57 bits per heavy atom. The van der Waals surface area contributed by atoms with Crippen LogP contribution in [-0.4, -0.2) is 43.0 Å². The van der Waals surface area contributed by atoms with Crippen LogP contribution in [-0.2, 0) is 9.59 Å². The summed E-state index contributed by atoms with van der Waals surface area (Å²) in [6, 6.07) is 4.99. The molecule has 1 N–H and O–H groups in total. The van der Waals surface area contributed by atoms with Crippen molar-refractivity contribution in [2.24, 2.45) is 0 Å². The Balaban J connectivity index is 2.48. The molecule has 0 saturated carbocycles. The van der Waals surface area contributed by atoms with Gasteiger partial charge >= 0.3 is 0 Å².